The Balaban J connectivity index is 1.59. The van der Waals surface area contributed by atoms with Gasteiger partial charge in [0, 0.05) is 46.8 Å². The molecule has 5 nitrogen and oxygen atoms in total. The van der Waals surface area contributed by atoms with Crippen molar-refractivity contribution in [2.75, 3.05) is 17.2 Å². The van der Waals surface area contributed by atoms with Crippen LogP contribution >= 0.6 is 0 Å². The first-order valence-corrected chi connectivity index (χ1v) is 10.9. The van der Waals surface area contributed by atoms with Crippen LogP contribution in [-0.2, 0) is 6.42 Å². The monoisotopic (exact) mass is 451 g/mol. The molecule has 0 radical (unpaired) electrons. The van der Waals surface area contributed by atoms with Crippen molar-refractivity contribution < 1.29 is 8.78 Å². The van der Waals surface area contributed by atoms with Gasteiger partial charge < -0.3 is 10.6 Å². The standard InChI is InChI=1S/C27H19F2N5/c28-22-5-1-4-20(25(22)29)16-6-8-23-21(14-16)27(33-26(32-23)18-3-2-11-31-15-18)34-12-10-17-13-19(30)7-9-24(17)34/h1-9,11,13-15H,10,12,30H2. The van der Waals surface area contributed by atoms with E-state index in [0.717, 1.165) is 41.2 Å². The molecule has 0 fully saturated rings. The van der Waals surface area contributed by atoms with Gasteiger partial charge in [0.2, 0.25) is 0 Å². The van der Waals surface area contributed by atoms with Crippen molar-refractivity contribution in [3.8, 4) is 22.5 Å². The summed E-state index contributed by atoms with van der Waals surface area (Å²) in [6, 6.07) is 19.2. The molecule has 5 aromatic rings. The van der Waals surface area contributed by atoms with Crippen LogP contribution < -0.4 is 10.6 Å². The summed E-state index contributed by atoms with van der Waals surface area (Å²) < 4.78 is 28.5. The van der Waals surface area contributed by atoms with Gasteiger partial charge in [0.05, 0.1) is 5.52 Å². The van der Waals surface area contributed by atoms with Gasteiger partial charge in [0.15, 0.2) is 17.5 Å². The fraction of sp³-hybridized carbons (Fsp3) is 0.0741. The number of nitrogens with two attached hydrogens (primary N) is 1. The number of anilines is 3. The van der Waals surface area contributed by atoms with Crippen LogP contribution in [0.25, 0.3) is 33.4 Å². The van der Waals surface area contributed by atoms with Crippen LogP contribution in [0.1, 0.15) is 5.56 Å². The molecule has 6 rings (SSSR count). The number of nitrogen functional groups attached to an aromatic ring is 1. The van der Waals surface area contributed by atoms with Crippen molar-refractivity contribution in [1.82, 2.24) is 15.0 Å². The van der Waals surface area contributed by atoms with Crippen molar-refractivity contribution in [3.63, 3.8) is 0 Å². The van der Waals surface area contributed by atoms with Crippen LogP contribution in [0.15, 0.2) is 79.1 Å². The highest BCUT2D eigenvalue weighted by molar-refractivity contribution is 5.96. The molecule has 3 heterocycles. The molecule has 2 aromatic heterocycles. The molecule has 0 spiro atoms. The average Bonchev–Trinajstić information content (AvgIpc) is 3.28. The summed E-state index contributed by atoms with van der Waals surface area (Å²) in [5, 5.41) is 0.749. The van der Waals surface area contributed by atoms with Crippen LogP contribution in [0.4, 0.5) is 26.0 Å². The molecule has 1 aliphatic rings. The number of pyridine rings is 1. The zero-order valence-corrected chi connectivity index (χ0v) is 18.0. The van der Waals surface area contributed by atoms with E-state index in [9.17, 15) is 8.78 Å². The fourth-order valence-corrected chi connectivity index (χ4v) is 4.48. The Morgan fingerprint density at radius 3 is 2.65 bits per heavy atom. The van der Waals surface area contributed by atoms with Crippen molar-refractivity contribution in [2.45, 2.75) is 6.42 Å². The number of aromatic nitrogens is 3. The Kier molecular flexibility index (Phi) is 4.69. The average molecular weight is 451 g/mol. The van der Waals surface area contributed by atoms with Gasteiger partial charge in [-0.1, -0.05) is 18.2 Å². The van der Waals surface area contributed by atoms with E-state index in [1.54, 1.807) is 24.5 Å². The third-order valence-electron chi connectivity index (χ3n) is 6.11. The van der Waals surface area contributed by atoms with Gasteiger partial charge in [0.25, 0.3) is 0 Å². The Bertz CT molecular complexity index is 1550. The number of halogens is 2. The van der Waals surface area contributed by atoms with Crippen LogP contribution in [-0.4, -0.2) is 21.5 Å². The van der Waals surface area contributed by atoms with E-state index < -0.39 is 11.6 Å². The van der Waals surface area contributed by atoms with E-state index in [-0.39, 0.29) is 5.56 Å². The van der Waals surface area contributed by atoms with Crippen LogP contribution in [0.3, 0.4) is 0 Å². The van der Waals surface area contributed by atoms with Gasteiger partial charge in [0.1, 0.15) is 5.82 Å². The molecule has 0 aliphatic carbocycles. The fourth-order valence-electron chi connectivity index (χ4n) is 4.48. The minimum absolute atomic E-state index is 0.193. The predicted molar refractivity (Wildman–Crippen MR) is 130 cm³/mol. The third-order valence-corrected chi connectivity index (χ3v) is 6.11. The van der Waals surface area contributed by atoms with Crippen molar-refractivity contribution >= 4 is 28.1 Å². The SMILES string of the molecule is Nc1ccc2c(c1)CCN2c1nc(-c2cccnc2)nc2ccc(-c3cccc(F)c3F)cc12. The number of fused-ring (bicyclic) bond motifs is 2. The maximum atomic E-state index is 14.6. The van der Waals surface area contributed by atoms with Crippen molar-refractivity contribution in [2.24, 2.45) is 0 Å². The molecule has 34 heavy (non-hydrogen) atoms. The highest BCUT2D eigenvalue weighted by atomic mass is 19.2. The van der Waals surface area contributed by atoms with Crippen LogP contribution in [0, 0.1) is 11.6 Å². The smallest absolute Gasteiger partial charge is 0.166 e. The molecule has 1 aliphatic heterocycles. The summed E-state index contributed by atoms with van der Waals surface area (Å²) in [5.74, 6) is -0.513. The molecule has 2 N–H and O–H groups in total. The highest BCUT2D eigenvalue weighted by Crippen LogP contribution is 2.40. The molecule has 0 atom stereocenters. The number of hydrogen-bond donors (Lipinski definition) is 1. The number of benzene rings is 3. The van der Waals surface area contributed by atoms with Gasteiger partial charge in [-0.05, 0) is 66.1 Å². The maximum absolute atomic E-state index is 14.6. The lowest BCUT2D eigenvalue weighted by Gasteiger charge is -2.21. The van der Waals surface area contributed by atoms with Gasteiger partial charge in [-0.25, -0.2) is 18.7 Å². The van der Waals surface area contributed by atoms with E-state index in [0.29, 0.717) is 28.4 Å². The normalized spacial score (nSPS) is 12.8. The van der Waals surface area contributed by atoms with E-state index in [4.69, 9.17) is 15.7 Å². The molecule has 0 unspecified atom stereocenters. The number of nitrogens with zero attached hydrogens (tertiary/aromatic N) is 4. The van der Waals surface area contributed by atoms with Crippen molar-refractivity contribution in [3.05, 3.63) is 96.3 Å². The minimum Gasteiger partial charge on any atom is -0.399 e. The van der Waals surface area contributed by atoms with Gasteiger partial charge in [-0.15, -0.1) is 0 Å². The molecular weight excluding hydrogens is 432 g/mol. The first-order chi connectivity index (χ1) is 16.6. The van der Waals surface area contributed by atoms with E-state index in [2.05, 4.69) is 9.88 Å². The van der Waals surface area contributed by atoms with E-state index in [1.165, 1.54) is 6.07 Å². The Labute approximate surface area is 194 Å². The molecule has 0 amide bonds. The highest BCUT2D eigenvalue weighted by Gasteiger charge is 2.25. The van der Waals surface area contributed by atoms with Gasteiger partial charge in [-0.3, -0.25) is 4.98 Å². The third kappa shape index (κ3) is 3.33. The second-order valence-electron chi connectivity index (χ2n) is 8.24. The summed E-state index contributed by atoms with van der Waals surface area (Å²) in [6.07, 6.45) is 4.25. The van der Waals surface area contributed by atoms with Crippen LogP contribution in [0.5, 0.6) is 0 Å². The second-order valence-corrected chi connectivity index (χ2v) is 8.24. The lowest BCUT2D eigenvalue weighted by molar-refractivity contribution is 0.511. The molecule has 0 saturated carbocycles. The molecular formula is C27H19F2N5. The maximum Gasteiger partial charge on any atom is 0.166 e. The Morgan fingerprint density at radius 1 is 0.882 bits per heavy atom. The summed E-state index contributed by atoms with van der Waals surface area (Å²) in [4.78, 5) is 16.0. The Hall–Kier alpha value is -4.39. The summed E-state index contributed by atoms with van der Waals surface area (Å²) >= 11 is 0. The topological polar surface area (TPSA) is 67.9 Å². The quantitative estimate of drug-likeness (QED) is 0.345. The Morgan fingerprint density at radius 2 is 1.79 bits per heavy atom. The van der Waals surface area contributed by atoms with Crippen LogP contribution in [0.2, 0.25) is 0 Å². The predicted octanol–water partition coefficient (Wildman–Crippen LogP) is 5.91. The van der Waals surface area contributed by atoms with Gasteiger partial charge >= 0.3 is 0 Å². The minimum atomic E-state index is -0.882. The molecule has 166 valence electrons. The molecule has 7 heteroatoms. The number of rotatable bonds is 3. The first kappa shape index (κ1) is 20.2. The summed E-state index contributed by atoms with van der Waals surface area (Å²) in [7, 11) is 0. The summed E-state index contributed by atoms with van der Waals surface area (Å²) in [5.41, 5.74) is 11.1. The zero-order chi connectivity index (χ0) is 23.2. The van der Waals surface area contributed by atoms with E-state index in [1.807, 2.05) is 42.5 Å². The lowest BCUT2D eigenvalue weighted by atomic mass is 10.0. The molecule has 3 aromatic carbocycles. The molecule has 0 bridgehead atoms. The van der Waals surface area contributed by atoms with Crippen molar-refractivity contribution in [1.29, 1.82) is 0 Å². The summed E-state index contributed by atoms with van der Waals surface area (Å²) in [6.45, 7) is 0.718. The lowest BCUT2D eigenvalue weighted by Crippen LogP contribution is -2.16. The largest absolute Gasteiger partial charge is 0.399 e. The van der Waals surface area contributed by atoms with Gasteiger partial charge in [-0.2, -0.15) is 0 Å². The zero-order valence-electron chi connectivity index (χ0n) is 18.0. The second kappa shape index (κ2) is 7.88. The first-order valence-electron chi connectivity index (χ1n) is 10.9. The number of hydrogen-bond acceptors (Lipinski definition) is 5. The van der Waals surface area contributed by atoms with E-state index >= 15 is 0 Å². The molecule has 0 saturated heterocycles.